The van der Waals surface area contributed by atoms with Gasteiger partial charge in [-0.25, -0.2) is 4.98 Å². The molecule has 1 saturated heterocycles. The molecule has 0 saturated carbocycles. The van der Waals surface area contributed by atoms with Gasteiger partial charge >= 0.3 is 0 Å². The number of aromatic nitrogens is 1. The van der Waals surface area contributed by atoms with Crippen LogP contribution in [0.15, 0.2) is 30.3 Å². The third-order valence-corrected chi connectivity index (χ3v) is 4.27. The molecule has 0 bridgehead atoms. The maximum absolute atomic E-state index is 6.12. The minimum absolute atomic E-state index is 0.276. The molecule has 2 N–H and O–H groups in total. The quantitative estimate of drug-likeness (QED) is 0.896. The predicted molar refractivity (Wildman–Crippen MR) is 79.9 cm³/mol. The second-order valence-electron chi connectivity index (χ2n) is 6.06. The third kappa shape index (κ3) is 2.30. The lowest BCUT2D eigenvalue weighted by molar-refractivity contribution is 0.167. The number of nitrogen functional groups attached to an aromatic ring is 1. The molecule has 0 spiro atoms. The highest BCUT2D eigenvalue weighted by Crippen LogP contribution is 2.31. The van der Waals surface area contributed by atoms with Gasteiger partial charge in [0.25, 0.3) is 0 Å². The summed E-state index contributed by atoms with van der Waals surface area (Å²) in [5, 5.41) is 1.17. The highest BCUT2D eigenvalue weighted by molar-refractivity contribution is 5.81. The molecule has 19 heavy (non-hydrogen) atoms. The van der Waals surface area contributed by atoms with E-state index < -0.39 is 0 Å². The molecule has 1 aliphatic heterocycles. The molecular formula is C16H21N3. The molecule has 0 unspecified atom stereocenters. The van der Waals surface area contributed by atoms with Crippen molar-refractivity contribution in [2.75, 3.05) is 12.3 Å². The lowest BCUT2D eigenvalue weighted by Gasteiger charge is -2.31. The Labute approximate surface area is 114 Å². The van der Waals surface area contributed by atoms with Gasteiger partial charge in [-0.15, -0.1) is 0 Å². The topological polar surface area (TPSA) is 42.2 Å². The van der Waals surface area contributed by atoms with Crippen LogP contribution in [0, 0.1) is 0 Å². The average molecular weight is 255 g/mol. The van der Waals surface area contributed by atoms with Crippen LogP contribution in [0.4, 0.5) is 5.82 Å². The van der Waals surface area contributed by atoms with E-state index in [-0.39, 0.29) is 5.54 Å². The van der Waals surface area contributed by atoms with Gasteiger partial charge in [0, 0.05) is 23.0 Å². The Hall–Kier alpha value is -1.61. The summed E-state index contributed by atoms with van der Waals surface area (Å²) in [5.41, 5.74) is 8.51. The molecule has 3 nitrogen and oxygen atoms in total. The van der Waals surface area contributed by atoms with Crippen LogP contribution in [0.25, 0.3) is 10.9 Å². The molecule has 1 fully saturated rings. The first-order valence-electron chi connectivity index (χ1n) is 6.95. The molecule has 2 aromatic rings. The predicted octanol–water partition coefficient (Wildman–Crippen LogP) is 3.19. The largest absolute Gasteiger partial charge is 0.383 e. The molecule has 3 rings (SSSR count). The number of pyridine rings is 1. The zero-order chi connectivity index (χ0) is 13.5. The van der Waals surface area contributed by atoms with Crippen LogP contribution < -0.4 is 5.73 Å². The fraction of sp³-hybridized carbons (Fsp3) is 0.438. The van der Waals surface area contributed by atoms with Crippen molar-refractivity contribution in [3.63, 3.8) is 0 Å². The molecule has 0 atom stereocenters. The smallest absolute Gasteiger partial charge is 0.128 e. The van der Waals surface area contributed by atoms with Crippen molar-refractivity contribution >= 4 is 16.7 Å². The number of para-hydroxylation sites is 1. The molecule has 1 aromatic heterocycles. The molecule has 0 aliphatic carbocycles. The second kappa shape index (κ2) is 4.49. The Morgan fingerprint density at radius 1 is 1.32 bits per heavy atom. The fourth-order valence-electron chi connectivity index (χ4n) is 2.96. The summed E-state index contributed by atoms with van der Waals surface area (Å²) >= 11 is 0. The highest BCUT2D eigenvalue weighted by atomic mass is 15.2. The van der Waals surface area contributed by atoms with Crippen LogP contribution in [0.1, 0.15) is 32.3 Å². The van der Waals surface area contributed by atoms with E-state index in [1.807, 2.05) is 18.2 Å². The molecule has 1 aliphatic rings. The summed E-state index contributed by atoms with van der Waals surface area (Å²) in [4.78, 5) is 7.03. The standard InChI is InChI=1S/C16H21N3/c1-16(2)8-5-9-19(16)11-13-10-12-6-3-4-7-14(12)18-15(13)17/h3-4,6-7,10H,5,8-9,11H2,1-2H3,(H2,17,18). The zero-order valence-corrected chi connectivity index (χ0v) is 11.7. The first-order valence-corrected chi connectivity index (χ1v) is 6.95. The van der Waals surface area contributed by atoms with Gasteiger partial charge in [0.05, 0.1) is 5.52 Å². The molecule has 100 valence electrons. The Morgan fingerprint density at radius 3 is 2.84 bits per heavy atom. The van der Waals surface area contributed by atoms with Crippen molar-refractivity contribution in [3.05, 3.63) is 35.9 Å². The molecule has 2 heterocycles. The van der Waals surface area contributed by atoms with Crippen LogP contribution in [0.2, 0.25) is 0 Å². The van der Waals surface area contributed by atoms with Gasteiger partial charge in [-0.2, -0.15) is 0 Å². The Kier molecular flexibility index (Phi) is 2.94. The van der Waals surface area contributed by atoms with Crippen LogP contribution in [-0.2, 0) is 6.54 Å². The molecule has 0 radical (unpaired) electrons. The third-order valence-electron chi connectivity index (χ3n) is 4.27. The number of hydrogen-bond donors (Lipinski definition) is 1. The summed E-state index contributed by atoms with van der Waals surface area (Å²) < 4.78 is 0. The maximum atomic E-state index is 6.12. The molecular weight excluding hydrogens is 234 g/mol. The van der Waals surface area contributed by atoms with E-state index in [1.54, 1.807) is 0 Å². The van der Waals surface area contributed by atoms with E-state index in [1.165, 1.54) is 18.2 Å². The zero-order valence-electron chi connectivity index (χ0n) is 11.7. The molecule has 1 aromatic carbocycles. The van der Waals surface area contributed by atoms with Crippen molar-refractivity contribution in [2.24, 2.45) is 0 Å². The van der Waals surface area contributed by atoms with Gasteiger partial charge < -0.3 is 5.73 Å². The van der Waals surface area contributed by atoms with Gasteiger partial charge in [-0.1, -0.05) is 18.2 Å². The lowest BCUT2D eigenvalue weighted by Crippen LogP contribution is -2.37. The summed E-state index contributed by atoms with van der Waals surface area (Å²) in [5.74, 6) is 0.668. The first kappa shape index (κ1) is 12.4. The van der Waals surface area contributed by atoms with Crippen LogP contribution >= 0.6 is 0 Å². The van der Waals surface area contributed by atoms with E-state index in [0.717, 1.165) is 24.2 Å². The maximum Gasteiger partial charge on any atom is 0.128 e. The molecule has 0 amide bonds. The summed E-state index contributed by atoms with van der Waals surface area (Å²) in [7, 11) is 0. The fourth-order valence-corrected chi connectivity index (χ4v) is 2.96. The number of rotatable bonds is 2. The van der Waals surface area contributed by atoms with Crippen molar-refractivity contribution in [1.82, 2.24) is 9.88 Å². The normalized spacial score (nSPS) is 19.1. The van der Waals surface area contributed by atoms with Crippen molar-refractivity contribution < 1.29 is 0 Å². The van der Waals surface area contributed by atoms with Gasteiger partial charge in [0.15, 0.2) is 0 Å². The van der Waals surface area contributed by atoms with E-state index >= 15 is 0 Å². The highest BCUT2D eigenvalue weighted by Gasteiger charge is 2.31. The van der Waals surface area contributed by atoms with Gasteiger partial charge in [0.1, 0.15) is 5.82 Å². The number of hydrogen-bond acceptors (Lipinski definition) is 3. The van der Waals surface area contributed by atoms with E-state index in [4.69, 9.17) is 5.73 Å². The Bertz CT molecular complexity index is 604. The summed E-state index contributed by atoms with van der Waals surface area (Å²) in [6, 6.07) is 10.3. The Balaban J connectivity index is 1.94. The van der Waals surface area contributed by atoms with Gasteiger partial charge in [-0.05, 0) is 45.4 Å². The van der Waals surface area contributed by atoms with Crippen LogP contribution in [0.3, 0.4) is 0 Å². The molecule has 3 heteroatoms. The van der Waals surface area contributed by atoms with Crippen LogP contribution in [-0.4, -0.2) is 22.0 Å². The summed E-state index contributed by atoms with van der Waals surface area (Å²) in [6.07, 6.45) is 2.53. The van der Waals surface area contributed by atoms with Crippen LogP contribution in [0.5, 0.6) is 0 Å². The van der Waals surface area contributed by atoms with Crippen molar-refractivity contribution in [2.45, 2.75) is 38.8 Å². The second-order valence-corrected chi connectivity index (χ2v) is 6.06. The number of nitrogens with zero attached hydrogens (tertiary/aromatic N) is 2. The van der Waals surface area contributed by atoms with Gasteiger partial charge in [-0.3, -0.25) is 4.90 Å². The SMILES string of the molecule is CC1(C)CCCN1Cc1cc2ccccc2nc1N. The monoisotopic (exact) mass is 255 g/mol. The van der Waals surface area contributed by atoms with Crippen molar-refractivity contribution in [3.8, 4) is 0 Å². The van der Waals surface area contributed by atoms with E-state index in [2.05, 4.69) is 35.9 Å². The summed E-state index contributed by atoms with van der Waals surface area (Å²) in [6.45, 7) is 6.67. The Morgan fingerprint density at radius 2 is 2.11 bits per heavy atom. The minimum Gasteiger partial charge on any atom is -0.383 e. The number of likely N-dealkylation sites (tertiary alicyclic amines) is 1. The number of nitrogens with two attached hydrogens (primary N) is 1. The van der Waals surface area contributed by atoms with Crippen molar-refractivity contribution in [1.29, 1.82) is 0 Å². The average Bonchev–Trinajstić information content (AvgIpc) is 2.70. The minimum atomic E-state index is 0.276. The van der Waals surface area contributed by atoms with E-state index in [0.29, 0.717) is 5.82 Å². The van der Waals surface area contributed by atoms with Gasteiger partial charge in [0.2, 0.25) is 0 Å². The first-order chi connectivity index (χ1) is 9.06. The van der Waals surface area contributed by atoms with E-state index in [9.17, 15) is 0 Å². The number of fused-ring (bicyclic) bond motifs is 1. The number of benzene rings is 1. The number of anilines is 1. The lowest BCUT2D eigenvalue weighted by atomic mass is 10.0.